The molecule has 0 aliphatic carbocycles. The minimum atomic E-state index is -3.57. The van der Waals surface area contributed by atoms with Crippen LogP contribution in [0.15, 0.2) is 23.4 Å². The highest BCUT2D eigenvalue weighted by Crippen LogP contribution is 2.32. The summed E-state index contributed by atoms with van der Waals surface area (Å²) in [6, 6.07) is 3.21. The molecule has 0 bridgehead atoms. The van der Waals surface area contributed by atoms with Crippen molar-refractivity contribution in [1.29, 1.82) is 0 Å². The van der Waals surface area contributed by atoms with Crippen molar-refractivity contribution < 1.29 is 8.42 Å². The van der Waals surface area contributed by atoms with Gasteiger partial charge in [0.25, 0.3) is 10.0 Å². The molecule has 1 saturated heterocycles. The van der Waals surface area contributed by atoms with Gasteiger partial charge in [0.1, 0.15) is 0 Å². The highest BCUT2D eigenvalue weighted by atomic mass is 32.2. The maximum atomic E-state index is 12.6. The van der Waals surface area contributed by atoms with Gasteiger partial charge in [-0.1, -0.05) is 13.8 Å². The van der Waals surface area contributed by atoms with E-state index in [2.05, 4.69) is 18.8 Å². The fraction of sp³-hybridized carbons (Fsp3) is 0.615. The lowest BCUT2D eigenvalue weighted by Gasteiger charge is -2.23. The van der Waals surface area contributed by atoms with Crippen LogP contribution >= 0.6 is 0 Å². The van der Waals surface area contributed by atoms with Crippen molar-refractivity contribution in [2.45, 2.75) is 38.1 Å². The van der Waals surface area contributed by atoms with Gasteiger partial charge in [0.15, 0.2) is 5.03 Å². The summed E-state index contributed by atoms with van der Waals surface area (Å²) < 4.78 is 26.6. The van der Waals surface area contributed by atoms with Gasteiger partial charge < -0.3 is 5.73 Å². The topological polar surface area (TPSA) is 76.3 Å². The van der Waals surface area contributed by atoms with Gasteiger partial charge in [-0.15, -0.1) is 0 Å². The minimum absolute atomic E-state index is 0.0188. The molecule has 5 nitrogen and oxygen atoms in total. The van der Waals surface area contributed by atoms with E-state index in [9.17, 15) is 8.42 Å². The first-order chi connectivity index (χ1) is 8.83. The van der Waals surface area contributed by atoms with E-state index in [1.807, 2.05) is 0 Å². The Bertz CT molecular complexity index is 555. The third kappa shape index (κ3) is 3.06. The first kappa shape index (κ1) is 14.3. The first-order valence-corrected chi connectivity index (χ1v) is 7.98. The number of aromatic nitrogens is 1. The van der Waals surface area contributed by atoms with Gasteiger partial charge in [0, 0.05) is 19.3 Å². The van der Waals surface area contributed by atoms with E-state index in [1.54, 1.807) is 12.1 Å². The standard InChI is InChI=1S/C13H21N3O2S/c1-13(2)6-4-9-16(10-7-13)19(17,18)12-11(14)5-3-8-15-12/h3,5,8H,4,6-7,9-10,14H2,1-2H3. The van der Waals surface area contributed by atoms with Gasteiger partial charge in [0.2, 0.25) is 0 Å². The highest BCUT2D eigenvalue weighted by molar-refractivity contribution is 7.89. The number of hydrogen-bond donors (Lipinski definition) is 1. The van der Waals surface area contributed by atoms with Crippen molar-refractivity contribution in [3.8, 4) is 0 Å². The zero-order chi connectivity index (χ0) is 14.1. The Hall–Kier alpha value is -1.14. The molecule has 106 valence electrons. The van der Waals surface area contributed by atoms with Gasteiger partial charge in [0.05, 0.1) is 5.69 Å². The summed E-state index contributed by atoms with van der Waals surface area (Å²) in [5.41, 5.74) is 6.15. The van der Waals surface area contributed by atoms with E-state index in [-0.39, 0.29) is 16.1 Å². The molecule has 0 saturated carbocycles. The molecule has 2 N–H and O–H groups in total. The Morgan fingerprint density at radius 2 is 2.05 bits per heavy atom. The molecule has 0 unspecified atom stereocenters. The van der Waals surface area contributed by atoms with Crippen molar-refractivity contribution in [2.24, 2.45) is 5.41 Å². The zero-order valence-electron chi connectivity index (χ0n) is 11.5. The Morgan fingerprint density at radius 3 is 2.74 bits per heavy atom. The molecule has 1 aromatic heterocycles. The van der Waals surface area contributed by atoms with Gasteiger partial charge in [-0.25, -0.2) is 13.4 Å². The molecular weight excluding hydrogens is 262 g/mol. The van der Waals surface area contributed by atoms with Crippen molar-refractivity contribution in [2.75, 3.05) is 18.8 Å². The monoisotopic (exact) mass is 283 g/mol. The third-order valence-electron chi connectivity index (χ3n) is 3.68. The SMILES string of the molecule is CC1(C)CCCN(S(=O)(=O)c2ncccc2N)CC1. The molecule has 6 heteroatoms. The van der Waals surface area contributed by atoms with E-state index in [4.69, 9.17) is 5.73 Å². The van der Waals surface area contributed by atoms with E-state index in [0.717, 1.165) is 19.3 Å². The van der Waals surface area contributed by atoms with Crippen molar-refractivity contribution in [1.82, 2.24) is 9.29 Å². The lowest BCUT2D eigenvalue weighted by atomic mass is 9.85. The second-order valence-corrected chi connectivity index (χ2v) is 7.67. The molecule has 0 radical (unpaired) electrons. The van der Waals surface area contributed by atoms with Crippen LogP contribution in [0, 0.1) is 5.41 Å². The number of nitrogens with zero attached hydrogens (tertiary/aromatic N) is 2. The largest absolute Gasteiger partial charge is 0.396 e. The average molecular weight is 283 g/mol. The fourth-order valence-corrected chi connectivity index (χ4v) is 3.89. The van der Waals surface area contributed by atoms with Crippen LogP contribution in [0.25, 0.3) is 0 Å². The molecule has 0 atom stereocenters. The van der Waals surface area contributed by atoms with Crippen molar-refractivity contribution in [3.63, 3.8) is 0 Å². The van der Waals surface area contributed by atoms with E-state index < -0.39 is 10.0 Å². The minimum Gasteiger partial charge on any atom is -0.396 e. The van der Waals surface area contributed by atoms with E-state index in [0.29, 0.717) is 13.1 Å². The summed E-state index contributed by atoms with van der Waals surface area (Å²) in [5.74, 6) is 0. The van der Waals surface area contributed by atoms with E-state index in [1.165, 1.54) is 10.5 Å². The van der Waals surface area contributed by atoms with Crippen LogP contribution in [0.5, 0.6) is 0 Å². The highest BCUT2D eigenvalue weighted by Gasteiger charge is 2.32. The molecule has 0 spiro atoms. The molecular formula is C13H21N3O2S. The summed E-state index contributed by atoms with van der Waals surface area (Å²) in [6.45, 7) is 5.43. The fourth-order valence-electron chi connectivity index (χ4n) is 2.38. The van der Waals surface area contributed by atoms with Crippen LogP contribution in [-0.4, -0.2) is 30.8 Å². The molecule has 19 heavy (non-hydrogen) atoms. The van der Waals surface area contributed by atoms with Crippen molar-refractivity contribution >= 4 is 15.7 Å². The van der Waals surface area contributed by atoms with E-state index >= 15 is 0 Å². The molecule has 0 aromatic carbocycles. The Labute approximate surface area is 114 Å². The molecule has 1 aliphatic heterocycles. The summed E-state index contributed by atoms with van der Waals surface area (Å²) in [6.07, 6.45) is 4.24. The van der Waals surface area contributed by atoms with Gasteiger partial charge in [-0.05, 0) is 36.8 Å². The number of sulfonamides is 1. The summed E-state index contributed by atoms with van der Waals surface area (Å²) >= 11 is 0. The van der Waals surface area contributed by atoms with Gasteiger partial charge in [-0.3, -0.25) is 0 Å². The second-order valence-electron chi connectivity index (χ2n) is 5.82. The predicted molar refractivity (Wildman–Crippen MR) is 75.0 cm³/mol. The molecule has 0 amide bonds. The average Bonchev–Trinajstić information content (AvgIpc) is 2.51. The molecule has 1 aliphatic rings. The summed E-state index contributed by atoms with van der Waals surface area (Å²) in [4.78, 5) is 3.94. The summed E-state index contributed by atoms with van der Waals surface area (Å²) in [7, 11) is -3.57. The van der Waals surface area contributed by atoms with Crippen LogP contribution in [0.4, 0.5) is 5.69 Å². The van der Waals surface area contributed by atoms with Crippen LogP contribution < -0.4 is 5.73 Å². The lowest BCUT2D eigenvalue weighted by molar-refractivity contribution is 0.314. The Balaban J connectivity index is 2.28. The number of anilines is 1. The lowest BCUT2D eigenvalue weighted by Crippen LogP contribution is -2.33. The third-order valence-corrected chi connectivity index (χ3v) is 5.56. The van der Waals surface area contributed by atoms with Crippen LogP contribution in [0.1, 0.15) is 33.1 Å². The quantitative estimate of drug-likeness (QED) is 0.899. The molecule has 1 aromatic rings. The second kappa shape index (κ2) is 5.09. The first-order valence-electron chi connectivity index (χ1n) is 6.54. The predicted octanol–water partition coefficient (Wildman–Crippen LogP) is 1.86. The number of rotatable bonds is 2. The maximum absolute atomic E-state index is 12.6. The van der Waals surface area contributed by atoms with Gasteiger partial charge in [-0.2, -0.15) is 4.31 Å². The normalized spacial score (nSPS) is 20.9. The van der Waals surface area contributed by atoms with Crippen LogP contribution in [0.2, 0.25) is 0 Å². The Morgan fingerprint density at radius 1 is 1.32 bits per heavy atom. The number of nitrogens with two attached hydrogens (primary N) is 1. The molecule has 2 heterocycles. The maximum Gasteiger partial charge on any atom is 0.262 e. The van der Waals surface area contributed by atoms with Crippen LogP contribution in [0.3, 0.4) is 0 Å². The number of nitrogen functional groups attached to an aromatic ring is 1. The molecule has 1 fully saturated rings. The Kier molecular flexibility index (Phi) is 3.82. The zero-order valence-corrected chi connectivity index (χ0v) is 12.3. The number of hydrogen-bond acceptors (Lipinski definition) is 4. The smallest absolute Gasteiger partial charge is 0.262 e. The van der Waals surface area contributed by atoms with Gasteiger partial charge >= 0.3 is 0 Å². The summed E-state index contributed by atoms with van der Waals surface area (Å²) in [5, 5.41) is -0.0188. The van der Waals surface area contributed by atoms with Crippen LogP contribution in [-0.2, 0) is 10.0 Å². The number of pyridine rings is 1. The van der Waals surface area contributed by atoms with Crippen molar-refractivity contribution in [3.05, 3.63) is 18.3 Å². The molecule has 2 rings (SSSR count).